The van der Waals surface area contributed by atoms with Gasteiger partial charge in [0.1, 0.15) is 12.2 Å². The molecule has 0 bridgehead atoms. The van der Waals surface area contributed by atoms with Crippen molar-refractivity contribution in [2.75, 3.05) is 27.2 Å². The zero-order chi connectivity index (χ0) is 10.4. The zero-order valence-corrected chi connectivity index (χ0v) is 9.19. The van der Waals surface area contributed by atoms with Crippen LogP contribution >= 0.6 is 0 Å². The second-order valence-corrected chi connectivity index (χ2v) is 3.47. The minimum atomic E-state index is 0.793. The minimum Gasteiger partial charge on any atom is -0.309 e. The van der Waals surface area contributed by atoms with E-state index in [1.807, 2.05) is 4.68 Å². The van der Waals surface area contributed by atoms with E-state index in [0.29, 0.717) is 0 Å². The van der Waals surface area contributed by atoms with Gasteiger partial charge in [-0.05, 0) is 21.0 Å². The highest BCUT2D eigenvalue weighted by molar-refractivity contribution is 4.83. The third-order valence-corrected chi connectivity index (χ3v) is 2.01. The van der Waals surface area contributed by atoms with Gasteiger partial charge in [-0.2, -0.15) is 5.10 Å². The molecule has 0 aliphatic rings. The maximum atomic E-state index is 4.18. The first-order valence-corrected chi connectivity index (χ1v) is 4.96. The molecule has 1 heterocycles. The Bertz CT molecular complexity index is 255. The Hall–Kier alpha value is -0.940. The molecule has 80 valence electrons. The summed E-state index contributed by atoms with van der Waals surface area (Å²) < 4.78 is 1.91. The summed E-state index contributed by atoms with van der Waals surface area (Å²) in [6.07, 6.45) is 1.60. The lowest BCUT2D eigenvalue weighted by Crippen LogP contribution is -2.27. The molecule has 0 saturated carbocycles. The maximum absolute atomic E-state index is 4.18. The van der Waals surface area contributed by atoms with Crippen LogP contribution in [0.5, 0.6) is 0 Å². The molecule has 0 radical (unpaired) electrons. The smallest absolute Gasteiger partial charge is 0.140 e. The summed E-state index contributed by atoms with van der Waals surface area (Å²) >= 11 is 0. The van der Waals surface area contributed by atoms with E-state index in [9.17, 15) is 0 Å². The number of aromatic nitrogens is 3. The molecule has 0 aromatic carbocycles. The molecule has 5 heteroatoms. The molecule has 5 nitrogen and oxygen atoms in total. The Morgan fingerprint density at radius 2 is 2.29 bits per heavy atom. The lowest BCUT2D eigenvalue weighted by Gasteiger charge is -2.10. The summed E-state index contributed by atoms with van der Waals surface area (Å²) in [5.74, 6) is 1.01. The highest BCUT2D eigenvalue weighted by atomic mass is 15.3. The third kappa shape index (κ3) is 3.43. The number of aryl methyl sites for hydroxylation is 1. The molecule has 1 rings (SSSR count). The van der Waals surface area contributed by atoms with E-state index in [-0.39, 0.29) is 0 Å². The Labute approximate surface area is 85.1 Å². The van der Waals surface area contributed by atoms with Crippen LogP contribution in [-0.4, -0.2) is 46.8 Å². The van der Waals surface area contributed by atoms with Crippen molar-refractivity contribution >= 4 is 0 Å². The van der Waals surface area contributed by atoms with Crippen molar-refractivity contribution in [3.63, 3.8) is 0 Å². The molecule has 0 spiro atoms. The van der Waals surface area contributed by atoms with Gasteiger partial charge in [0.2, 0.25) is 0 Å². The van der Waals surface area contributed by atoms with Gasteiger partial charge in [-0.25, -0.2) is 9.67 Å². The van der Waals surface area contributed by atoms with Gasteiger partial charge in [0.05, 0.1) is 6.54 Å². The fourth-order valence-electron chi connectivity index (χ4n) is 1.19. The first kappa shape index (κ1) is 11.1. The van der Waals surface area contributed by atoms with Gasteiger partial charge in [0, 0.05) is 19.6 Å². The van der Waals surface area contributed by atoms with Crippen LogP contribution in [0.3, 0.4) is 0 Å². The fraction of sp³-hybridized carbons (Fsp3) is 0.778. The van der Waals surface area contributed by atoms with Gasteiger partial charge in [-0.3, -0.25) is 0 Å². The van der Waals surface area contributed by atoms with Gasteiger partial charge in [-0.1, -0.05) is 0 Å². The normalized spacial score (nSPS) is 11.1. The number of nitrogens with one attached hydrogen (secondary N) is 1. The van der Waals surface area contributed by atoms with Gasteiger partial charge in [0.15, 0.2) is 0 Å². The van der Waals surface area contributed by atoms with Gasteiger partial charge >= 0.3 is 0 Å². The molecule has 0 atom stereocenters. The molecule has 0 amide bonds. The van der Waals surface area contributed by atoms with E-state index in [4.69, 9.17) is 0 Å². The second kappa shape index (κ2) is 5.72. The van der Waals surface area contributed by atoms with Gasteiger partial charge in [0.25, 0.3) is 0 Å². The molecule has 0 aliphatic heterocycles. The lowest BCUT2D eigenvalue weighted by atomic mass is 10.5. The quantitative estimate of drug-likeness (QED) is 0.649. The van der Waals surface area contributed by atoms with Crippen LogP contribution in [0.15, 0.2) is 6.33 Å². The molecule has 1 N–H and O–H groups in total. The van der Waals surface area contributed by atoms with Crippen molar-refractivity contribution in [2.45, 2.75) is 20.0 Å². The number of likely N-dealkylation sites (N-methyl/N-ethyl adjacent to an activating group) is 1. The van der Waals surface area contributed by atoms with Crippen molar-refractivity contribution < 1.29 is 0 Å². The van der Waals surface area contributed by atoms with E-state index in [2.05, 4.69) is 41.3 Å². The third-order valence-electron chi connectivity index (χ3n) is 2.01. The predicted molar refractivity (Wildman–Crippen MR) is 56.0 cm³/mol. The Morgan fingerprint density at radius 3 is 2.93 bits per heavy atom. The van der Waals surface area contributed by atoms with Crippen molar-refractivity contribution in [3.05, 3.63) is 12.2 Å². The van der Waals surface area contributed by atoms with Crippen molar-refractivity contribution in [3.8, 4) is 0 Å². The fourth-order valence-corrected chi connectivity index (χ4v) is 1.19. The van der Waals surface area contributed by atoms with Crippen molar-refractivity contribution in [1.29, 1.82) is 0 Å². The van der Waals surface area contributed by atoms with Crippen LogP contribution in [-0.2, 0) is 13.1 Å². The van der Waals surface area contributed by atoms with Crippen LogP contribution in [0.1, 0.15) is 12.7 Å². The van der Waals surface area contributed by atoms with E-state index in [1.165, 1.54) is 0 Å². The molecule has 0 saturated heterocycles. The average Bonchev–Trinajstić information content (AvgIpc) is 2.59. The summed E-state index contributed by atoms with van der Waals surface area (Å²) in [7, 11) is 4.13. The zero-order valence-electron chi connectivity index (χ0n) is 9.19. The molecule has 0 fully saturated rings. The summed E-state index contributed by atoms with van der Waals surface area (Å²) in [5, 5.41) is 7.43. The van der Waals surface area contributed by atoms with Gasteiger partial charge in [-0.15, -0.1) is 0 Å². The molecule has 0 aliphatic carbocycles. The molecule has 1 aromatic heterocycles. The van der Waals surface area contributed by atoms with Crippen LogP contribution < -0.4 is 5.32 Å². The number of hydrogen-bond donors (Lipinski definition) is 1. The van der Waals surface area contributed by atoms with E-state index in [0.717, 1.165) is 32.0 Å². The largest absolute Gasteiger partial charge is 0.309 e. The summed E-state index contributed by atoms with van der Waals surface area (Å²) in [6.45, 7) is 5.76. The highest BCUT2D eigenvalue weighted by Gasteiger charge is 2.00. The van der Waals surface area contributed by atoms with Crippen molar-refractivity contribution in [2.24, 2.45) is 0 Å². The van der Waals surface area contributed by atoms with Crippen LogP contribution in [0, 0.1) is 0 Å². The standard InChI is InChI=1S/C9H19N5/c1-4-14-9(11-8-12-14)7-10-5-6-13(2)3/h8,10H,4-7H2,1-3H3. The lowest BCUT2D eigenvalue weighted by molar-refractivity contribution is 0.397. The summed E-state index contributed by atoms with van der Waals surface area (Å²) in [6, 6.07) is 0. The number of hydrogen-bond acceptors (Lipinski definition) is 4. The highest BCUT2D eigenvalue weighted by Crippen LogP contribution is 1.92. The number of nitrogens with zero attached hydrogens (tertiary/aromatic N) is 4. The molecule has 1 aromatic rings. The summed E-state index contributed by atoms with van der Waals surface area (Å²) in [5.41, 5.74) is 0. The SMILES string of the molecule is CCn1ncnc1CNCCN(C)C. The molecule has 0 unspecified atom stereocenters. The first-order valence-electron chi connectivity index (χ1n) is 4.96. The average molecular weight is 197 g/mol. The van der Waals surface area contributed by atoms with Crippen LogP contribution in [0.25, 0.3) is 0 Å². The van der Waals surface area contributed by atoms with E-state index >= 15 is 0 Å². The Balaban J connectivity index is 2.24. The van der Waals surface area contributed by atoms with Crippen molar-refractivity contribution in [1.82, 2.24) is 25.0 Å². The topological polar surface area (TPSA) is 46.0 Å². The second-order valence-electron chi connectivity index (χ2n) is 3.47. The Kier molecular flexibility index (Phi) is 4.55. The monoisotopic (exact) mass is 197 g/mol. The molecule has 14 heavy (non-hydrogen) atoms. The van der Waals surface area contributed by atoms with Crippen LogP contribution in [0.2, 0.25) is 0 Å². The molecular weight excluding hydrogens is 178 g/mol. The maximum Gasteiger partial charge on any atom is 0.140 e. The van der Waals surface area contributed by atoms with E-state index in [1.54, 1.807) is 6.33 Å². The Morgan fingerprint density at radius 1 is 1.50 bits per heavy atom. The minimum absolute atomic E-state index is 0.793. The number of rotatable bonds is 6. The van der Waals surface area contributed by atoms with Crippen LogP contribution in [0.4, 0.5) is 0 Å². The molecular formula is C9H19N5. The first-order chi connectivity index (χ1) is 6.74. The van der Waals surface area contributed by atoms with E-state index < -0.39 is 0 Å². The predicted octanol–water partition coefficient (Wildman–Crippen LogP) is -0.0508. The summed E-state index contributed by atoms with van der Waals surface area (Å²) in [4.78, 5) is 6.33. The van der Waals surface area contributed by atoms with Gasteiger partial charge < -0.3 is 10.2 Å².